The molecule has 1 aliphatic rings. The number of fused-ring (bicyclic) bond motifs is 1. The van der Waals surface area contributed by atoms with Crippen molar-refractivity contribution in [2.24, 2.45) is 0 Å². The van der Waals surface area contributed by atoms with E-state index in [2.05, 4.69) is 25.7 Å². The van der Waals surface area contributed by atoms with E-state index in [1.165, 1.54) is 12.1 Å². The molecule has 9 heteroatoms. The fraction of sp³-hybridized carbons (Fsp3) is 0.174. The fourth-order valence-electron chi connectivity index (χ4n) is 3.77. The highest BCUT2D eigenvalue weighted by Gasteiger charge is 2.22. The molecule has 2 aromatic carbocycles. The van der Waals surface area contributed by atoms with Crippen molar-refractivity contribution in [2.75, 3.05) is 17.2 Å². The molecule has 2 amide bonds. The van der Waals surface area contributed by atoms with Gasteiger partial charge in [0.15, 0.2) is 5.76 Å². The van der Waals surface area contributed by atoms with Crippen molar-refractivity contribution in [3.63, 3.8) is 0 Å². The monoisotopic (exact) mass is 433 g/mol. The van der Waals surface area contributed by atoms with Crippen molar-refractivity contribution >= 4 is 17.4 Å². The number of urea groups is 1. The van der Waals surface area contributed by atoms with Gasteiger partial charge in [-0.1, -0.05) is 24.3 Å². The van der Waals surface area contributed by atoms with Crippen molar-refractivity contribution in [2.45, 2.75) is 19.5 Å². The van der Waals surface area contributed by atoms with Crippen LogP contribution in [0.3, 0.4) is 0 Å². The van der Waals surface area contributed by atoms with E-state index in [1.54, 1.807) is 30.5 Å². The number of rotatable bonds is 5. The summed E-state index contributed by atoms with van der Waals surface area (Å²) in [6, 6.07) is 14.9. The summed E-state index contributed by atoms with van der Waals surface area (Å²) < 4.78 is 24.8. The van der Waals surface area contributed by atoms with Crippen LogP contribution in [0, 0.1) is 5.82 Å². The molecule has 5 rings (SSSR count). The van der Waals surface area contributed by atoms with E-state index in [9.17, 15) is 9.18 Å². The van der Waals surface area contributed by atoms with Crippen LogP contribution in [0.25, 0.3) is 11.7 Å². The first-order chi connectivity index (χ1) is 15.7. The van der Waals surface area contributed by atoms with Crippen LogP contribution in [0.2, 0.25) is 0 Å². The third-order valence-corrected chi connectivity index (χ3v) is 5.27. The van der Waals surface area contributed by atoms with Gasteiger partial charge in [-0.15, -0.1) is 10.2 Å². The smallest absolute Gasteiger partial charge is 0.323 e. The van der Waals surface area contributed by atoms with Crippen LogP contribution in [0.4, 0.5) is 20.6 Å². The second-order valence-electron chi connectivity index (χ2n) is 7.44. The molecule has 0 atom stereocenters. The third kappa shape index (κ3) is 4.23. The highest BCUT2D eigenvalue weighted by atomic mass is 19.1. The predicted octanol–water partition coefficient (Wildman–Crippen LogP) is 4.67. The molecule has 0 saturated carbocycles. The molecule has 0 radical (unpaired) electrons. The number of halogens is 1. The number of para-hydroxylation sites is 1. The maximum absolute atomic E-state index is 13.8. The lowest BCUT2D eigenvalue weighted by Gasteiger charge is -2.29. The van der Waals surface area contributed by atoms with Crippen molar-refractivity contribution in [3.05, 3.63) is 83.7 Å². The summed E-state index contributed by atoms with van der Waals surface area (Å²) in [5.41, 5.74) is 3.02. The van der Waals surface area contributed by atoms with Crippen LogP contribution >= 0.6 is 0 Å². The van der Waals surface area contributed by atoms with E-state index < -0.39 is 11.8 Å². The van der Waals surface area contributed by atoms with Crippen molar-refractivity contribution in [1.82, 2.24) is 15.1 Å². The summed E-state index contributed by atoms with van der Waals surface area (Å²) in [6.45, 7) is 1.95. The zero-order valence-corrected chi connectivity index (χ0v) is 17.0. The highest BCUT2D eigenvalue weighted by molar-refractivity contribution is 6.00. The number of carbonyl (C=O) groups is 1. The Hall–Kier alpha value is -3.98. The molecule has 162 valence electrons. The quantitative estimate of drug-likeness (QED) is 0.475. The number of hydrogen-bond acceptors (Lipinski definition) is 6. The lowest BCUT2D eigenvalue weighted by atomic mass is 9.97. The number of aromatic nitrogens is 2. The Morgan fingerprint density at radius 1 is 1.03 bits per heavy atom. The van der Waals surface area contributed by atoms with E-state index in [1.807, 2.05) is 18.2 Å². The standard InChI is InChI=1S/C23H20FN5O3/c24-17-6-1-2-7-19(17)26-23(30)25-18-8-3-5-15-13-29(11-10-16(15)18)14-21-27-28-22(32-21)20-9-4-12-31-20/h1-9,12H,10-11,13-14H2,(H2,25,26,30). The van der Waals surface area contributed by atoms with E-state index in [0.717, 1.165) is 24.1 Å². The molecule has 0 spiro atoms. The predicted molar refractivity (Wildman–Crippen MR) is 115 cm³/mol. The van der Waals surface area contributed by atoms with E-state index in [4.69, 9.17) is 8.83 Å². The maximum Gasteiger partial charge on any atom is 0.323 e. The topological polar surface area (TPSA) is 96.4 Å². The molecule has 2 aromatic heterocycles. The largest absolute Gasteiger partial charge is 0.459 e. The molecule has 0 unspecified atom stereocenters. The molecule has 2 N–H and O–H groups in total. The Kier molecular flexibility index (Phi) is 5.39. The molecule has 4 aromatic rings. The summed E-state index contributed by atoms with van der Waals surface area (Å²) in [4.78, 5) is 14.6. The lowest BCUT2D eigenvalue weighted by Crippen LogP contribution is -2.31. The molecule has 3 heterocycles. The SMILES string of the molecule is O=C(Nc1ccccc1F)Nc1cccc2c1CCN(Cc1nnc(-c3ccco3)o1)C2. The summed E-state index contributed by atoms with van der Waals surface area (Å²) in [6.07, 6.45) is 2.30. The summed E-state index contributed by atoms with van der Waals surface area (Å²) in [5.74, 6) is 0.926. The average Bonchev–Trinajstić information content (AvgIpc) is 3.47. The maximum atomic E-state index is 13.8. The number of carbonyl (C=O) groups excluding carboxylic acids is 1. The fourth-order valence-corrected chi connectivity index (χ4v) is 3.77. The number of amides is 2. The summed E-state index contributed by atoms with van der Waals surface area (Å²) in [7, 11) is 0. The molecule has 0 saturated heterocycles. The molecule has 0 aliphatic carbocycles. The number of nitrogens with zero attached hydrogens (tertiary/aromatic N) is 3. The zero-order chi connectivity index (χ0) is 21.9. The van der Waals surface area contributed by atoms with Gasteiger partial charge in [0.25, 0.3) is 5.89 Å². The van der Waals surface area contributed by atoms with Gasteiger partial charge in [0.05, 0.1) is 18.5 Å². The molecular formula is C23H20FN5O3. The first-order valence-corrected chi connectivity index (χ1v) is 10.2. The van der Waals surface area contributed by atoms with Crippen molar-refractivity contribution < 1.29 is 18.0 Å². The number of nitrogens with one attached hydrogen (secondary N) is 2. The van der Waals surface area contributed by atoms with Gasteiger partial charge in [0.2, 0.25) is 5.89 Å². The van der Waals surface area contributed by atoms with Crippen LogP contribution in [0.1, 0.15) is 17.0 Å². The summed E-state index contributed by atoms with van der Waals surface area (Å²) in [5, 5.41) is 13.5. The van der Waals surface area contributed by atoms with E-state index >= 15 is 0 Å². The second kappa shape index (κ2) is 8.64. The van der Waals surface area contributed by atoms with Gasteiger partial charge in [-0.3, -0.25) is 4.90 Å². The third-order valence-electron chi connectivity index (χ3n) is 5.27. The van der Waals surface area contributed by atoms with Gasteiger partial charge in [0, 0.05) is 18.8 Å². The average molecular weight is 433 g/mol. The molecule has 8 nitrogen and oxygen atoms in total. The zero-order valence-electron chi connectivity index (χ0n) is 17.0. The minimum absolute atomic E-state index is 0.134. The Balaban J connectivity index is 1.24. The Bertz CT molecular complexity index is 1240. The minimum atomic E-state index is -0.484. The molecule has 0 bridgehead atoms. The highest BCUT2D eigenvalue weighted by Crippen LogP contribution is 2.28. The van der Waals surface area contributed by atoms with Crippen molar-refractivity contribution in [1.29, 1.82) is 0 Å². The van der Waals surface area contributed by atoms with Gasteiger partial charge < -0.3 is 19.5 Å². The van der Waals surface area contributed by atoms with Crippen LogP contribution in [0.15, 0.2) is 69.7 Å². The Morgan fingerprint density at radius 3 is 2.72 bits per heavy atom. The van der Waals surface area contributed by atoms with E-state index in [0.29, 0.717) is 36.3 Å². The molecular weight excluding hydrogens is 413 g/mol. The number of benzene rings is 2. The Labute approximate surface area is 183 Å². The number of anilines is 2. The second-order valence-corrected chi connectivity index (χ2v) is 7.44. The molecule has 0 fully saturated rings. The van der Waals surface area contributed by atoms with Gasteiger partial charge in [-0.05, 0) is 47.9 Å². The van der Waals surface area contributed by atoms with Crippen LogP contribution in [0.5, 0.6) is 0 Å². The molecule has 1 aliphatic heterocycles. The number of hydrogen-bond donors (Lipinski definition) is 2. The Morgan fingerprint density at radius 2 is 1.88 bits per heavy atom. The van der Waals surface area contributed by atoms with Crippen LogP contribution in [-0.4, -0.2) is 27.7 Å². The van der Waals surface area contributed by atoms with E-state index in [-0.39, 0.29) is 5.69 Å². The first-order valence-electron chi connectivity index (χ1n) is 10.2. The summed E-state index contributed by atoms with van der Waals surface area (Å²) >= 11 is 0. The molecule has 32 heavy (non-hydrogen) atoms. The van der Waals surface area contributed by atoms with Crippen LogP contribution < -0.4 is 10.6 Å². The minimum Gasteiger partial charge on any atom is -0.459 e. The van der Waals surface area contributed by atoms with Gasteiger partial charge >= 0.3 is 6.03 Å². The van der Waals surface area contributed by atoms with Crippen LogP contribution in [-0.2, 0) is 19.5 Å². The van der Waals surface area contributed by atoms with Gasteiger partial charge in [-0.25, -0.2) is 9.18 Å². The van der Waals surface area contributed by atoms with Gasteiger partial charge in [-0.2, -0.15) is 0 Å². The lowest BCUT2D eigenvalue weighted by molar-refractivity contribution is 0.222. The number of furan rings is 1. The van der Waals surface area contributed by atoms with Crippen molar-refractivity contribution in [3.8, 4) is 11.7 Å². The first kappa shape index (κ1) is 20.0. The normalized spacial score (nSPS) is 13.5. The van der Waals surface area contributed by atoms with Gasteiger partial charge in [0.1, 0.15) is 5.82 Å².